The molecule has 0 radical (unpaired) electrons. The van der Waals surface area contributed by atoms with E-state index in [1.165, 1.54) is 23.1 Å². The highest BCUT2D eigenvalue weighted by molar-refractivity contribution is 5.30. The SMILES string of the molecule is CC[C@H](C)NCc1cc(C)ccc1C. The fraction of sp³-hybridized carbons (Fsp3) is 0.538. The fourth-order valence-corrected chi connectivity index (χ4v) is 1.42. The van der Waals surface area contributed by atoms with E-state index in [0.29, 0.717) is 6.04 Å². The van der Waals surface area contributed by atoms with Crippen LogP contribution in [0.3, 0.4) is 0 Å². The molecule has 1 N–H and O–H groups in total. The van der Waals surface area contributed by atoms with Crippen LogP contribution in [0.5, 0.6) is 0 Å². The molecular formula is C13H21N. The van der Waals surface area contributed by atoms with Crippen molar-refractivity contribution in [1.29, 1.82) is 0 Å². The van der Waals surface area contributed by atoms with Crippen LogP contribution in [0.2, 0.25) is 0 Å². The lowest BCUT2D eigenvalue weighted by molar-refractivity contribution is 0.533. The predicted octanol–water partition coefficient (Wildman–Crippen LogP) is 3.19. The van der Waals surface area contributed by atoms with Crippen LogP contribution in [0.15, 0.2) is 18.2 Å². The molecule has 1 atom stereocenters. The normalized spacial score (nSPS) is 12.9. The van der Waals surface area contributed by atoms with Crippen LogP contribution in [0.25, 0.3) is 0 Å². The molecule has 1 rings (SSSR count). The Morgan fingerprint density at radius 3 is 2.64 bits per heavy atom. The highest BCUT2D eigenvalue weighted by Gasteiger charge is 2.01. The first-order valence-electron chi connectivity index (χ1n) is 5.43. The maximum absolute atomic E-state index is 3.52. The minimum absolute atomic E-state index is 0.606. The van der Waals surface area contributed by atoms with Gasteiger partial charge in [-0.25, -0.2) is 0 Å². The summed E-state index contributed by atoms with van der Waals surface area (Å²) in [6, 6.07) is 7.24. The first kappa shape index (κ1) is 11.3. The van der Waals surface area contributed by atoms with Crippen LogP contribution >= 0.6 is 0 Å². The molecule has 1 aromatic rings. The molecule has 0 aliphatic carbocycles. The van der Waals surface area contributed by atoms with Gasteiger partial charge in [0.25, 0.3) is 0 Å². The summed E-state index contributed by atoms with van der Waals surface area (Å²) in [5.74, 6) is 0. The highest BCUT2D eigenvalue weighted by Crippen LogP contribution is 2.10. The van der Waals surface area contributed by atoms with Crippen molar-refractivity contribution >= 4 is 0 Å². The number of aryl methyl sites for hydroxylation is 2. The smallest absolute Gasteiger partial charge is 0.0210 e. The zero-order valence-corrected chi connectivity index (χ0v) is 9.72. The zero-order valence-electron chi connectivity index (χ0n) is 9.72. The van der Waals surface area contributed by atoms with Crippen molar-refractivity contribution in [2.24, 2.45) is 0 Å². The van der Waals surface area contributed by atoms with Gasteiger partial charge in [0.05, 0.1) is 0 Å². The van der Waals surface area contributed by atoms with Crippen molar-refractivity contribution in [3.05, 3.63) is 34.9 Å². The molecule has 1 aromatic carbocycles. The molecule has 0 saturated heterocycles. The molecule has 0 amide bonds. The number of rotatable bonds is 4. The molecule has 0 bridgehead atoms. The van der Waals surface area contributed by atoms with E-state index in [4.69, 9.17) is 0 Å². The number of hydrogen-bond donors (Lipinski definition) is 1. The Kier molecular flexibility index (Phi) is 4.15. The number of benzene rings is 1. The van der Waals surface area contributed by atoms with E-state index in [2.05, 4.69) is 51.2 Å². The Bertz CT molecular complexity index is 291. The zero-order chi connectivity index (χ0) is 10.6. The van der Waals surface area contributed by atoms with E-state index < -0.39 is 0 Å². The molecule has 0 saturated carbocycles. The highest BCUT2D eigenvalue weighted by atomic mass is 14.9. The van der Waals surface area contributed by atoms with Gasteiger partial charge in [-0.2, -0.15) is 0 Å². The summed E-state index contributed by atoms with van der Waals surface area (Å²) in [6.45, 7) is 9.74. The van der Waals surface area contributed by atoms with Crippen LogP contribution in [0.1, 0.15) is 37.0 Å². The summed E-state index contributed by atoms with van der Waals surface area (Å²) in [4.78, 5) is 0. The number of hydrogen-bond acceptors (Lipinski definition) is 1. The van der Waals surface area contributed by atoms with Crippen molar-refractivity contribution in [2.75, 3.05) is 0 Å². The van der Waals surface area contributed by atoms with E-state index in [9.17, 15) is 0 Å². The number of nitrogens with one attached hydrogen (secondary N) is 1. The Balaban J connectivity index is 2.62. The van der Waals surface area contributed by atoms with Crippen LogP contribution in [-0.4, -0.2) is 6.04 Å². The lowest BCUT2D eigenvalue weighted by Gasteiger charge is -2.13. The third kappa shape index (κ3) is 3.15. The van der Waals surface area contributed by atoms with Crippen LogP contribution < -0.4 is 5.32 Å². The van der Waals surface area contributed by atoms with Gasteiger partial charge in [-0.05, 0) is 38.3 Å². The molecule has 1 nitrogen and oxygen atoms in total. The lowest BCUT2D eigenvalue weighted by atomic mass is 10.1. The molecule has 0 heterocycles. The molecule has 1 heteroatoms. The van der Waals surface area contributed by atoms with Gasteiger partial charge in [0, 0.05) is 12.6 Å². The summed E-state index contributed by atoms with van der Waals surface area (Å²) in [6.07, 6.45) is 1.19. The van der Waals surface area contributed by atoms with Gasteiger partial charge in [-0.3, -0.25) is 0 Å². The second-order valence-electron chi connectivity index (χ2n) is 4.12. The van der Waals surface area contributed by atoms with Crippen LogP contribution in [0.4, 0.5) is 0 Å². The first-order chi connectivity index (χ1) is 6.63. The maximum atomic E-state index is 3.52. The van der Waals surface area contributed by atoms with Crippen molar-refractivity contribution in [3.63, 3.8) is 0 Å². The van der Waals surface area contributed by atoms with Gasteiger partial charge in [-0.15, -0.1) is 0 Å². The second-order valence-corrected chi connectivity index (χ2v) is 4.12. The first-order valence-corrected chi connectivity index (χ1v) is 5.43. The van der Waals surface area contributed by atoms with Crippen LogP contribution in [0, 0.1) is 13.8 Å². The predicted molar refractivity (Wildman–Crippen MR) is 62.5 cm³/mol. The lowest BCUT2D eigenvalue weighted by Crippen LogP contribution is -2.24. The largest absolute Gasteiger partial charge is 0.310 e. The van der Waals surface area contributed by atoms with Crippen molar-refractivity contribution < 1.29 is 0 Å². The topological polar surface area (TPSA) is 12.0 Å². The summed E-state index contributed by atoms with van der Waals surface area (Å²) in [5.41, 5.74) is 4.15. The van der Waals surface area contributed by atoms with E-state index in [-0.39, 0.29) is 0 Å². The minimum Gasteiger partial charge on any atom is -0.310 e. The third-order valence-corrected chi connectivity index (χ3v) is 2.76. The standard InChI is InChI=1S/C13H21N/c1-5-12(4)14-9-13-8-10(2)6-7-11(13)3/h6-8,12,14H,5,9H2,1-4H3/t12-/m0/s1. The molecule has 14 heavy (non-hydrogen) atoms. The van der Waals surface area contributed by atoms with Gasteiger partial charge < -0.3 is 5.32 Å². The summed E-state index contributed by atoms with van der Waals surface area (Å²) < 4.78 is 0. The van der Waals surface area contributed by atoms with E-state index in [0.717, 1.165) is 6.54 Å². The van der Waals surface area contributed by atoms with Gasteiger partial charge in [0.1, 0.15) is 0 Å². The monoisotopic (exact) mass is 191 g/mol. The molecular weight excluding hydrogens is 170 g/mol. The average Bonchev–Trinajstić information content (AvgIpc) is 2.19. The van der Waals surface area contributed by atoms with Gasteiger partial charge in [0.2, 0.25) is 0 Å². The maximum Gasteiger partial charge on any atom is 0.0210 e. The molecule has 0 aromatic heterocycles. The molecule has 78 valence electrons. The molecule has 0 fully saturated rings. The average molecular weight is 191 g/mol. The van der Waals surface area contributed by atoms with E-state index >= 15 is 0 Å². The summed E-state index contributed by atoms with van der Waals surface area (Å²) in [7, 11) is 0. The van der Waals surface area contributed by atoms with Crippen molar-refractivity contribution in [2.45, 2.75) is 46.7 Å². The third-order valence-electron chi connectivity index (χ3n) is 2.76. The summed E-state index contributed by atoms with van der Waals surface area (Å²) in [5, 5.41) is 3.52. The molecule has 0 aliphatic rings. The van der Waals surface area contributed by atoms with Crippen molar-refractivity contribution in [3.8, 4) is 0 Å². The molecule has 0 aliphatic heterocycles. The van der Waals surface area contributed by atoms with Gasteiger partial charge in [-0.1, -0.05) is 30.7 Å². The minimum atomic E-state index is 0.606. The Labute approximate surface area is 87.5 Å². The Morgan fingerprint density at radius 1 is 1.29 bits per heavy atom. The molecule has 0 spiro atoms. The second kappa shape index (κ2) is 5.16. The fourth-order valence-electron chi connectivity index (χ4n) is 1.42. The quantitative estimate of drug-likeness (QED) is 0.770. The Morgan fingerprint density at radius 2 is 2.00 bits per heavy atom. The van der Waals surface area contributed by atoms with E-state index in [1.807, 2.05) is 0 Å². The van der Waals surface area contributed by atoms with E-state index in [1.54, 1.807) is 0 Å². The summed E-state index contributed by atoms with van der Waals surface area (Å²) >= 11 is 0. The van der Waals surface area contributed by atoms with Gasteiger partial charge >= 0.3 is 0 Å². The van der Waals surface area contributed by atoms with Gasteiger partial charge in [0.15, 0.2) is 0 Å². The van der Waals surface area contributed by atoms with Crippen LogP contribution in [-0.2, 0) is 6.54 Å². The Hall–Kier alpha value is -0.820. The van der Waals surface area contributed by atoms with Crippen molar-refractivity contribution in [1.82, 2.24) is 5.32 Å². The molecule has 0 unspecified atom stereocenters.